The Kier molecular flexibility index (Phi) is 4.75. The van der Waals surface area contributed by atoms with Gasteiger partial charge >= 0.3 is 0 Å². The van der Waals surface area contributed by atoms with Crippen LogP contribution in [0.4, 0.5) is 0 Å². The zero-order valence-electron chi connectivity index (χ0n) is 9.90. The van der Waals surface area contributed by atoms with Crippen LogP contribution in [0, 0.1) is 0 Å². The maximum absolute atomic E-state index is 4.99. The Hall–Kier alpha value is -2.36. The normalized spacial score (nSPS) is 10.4. The number of benzene rings is 2. The quantitative estimate of drug-likeness (QED) is 0.572. The van der Waals surface area contributed by atoms with Gasteiger partial charge in [-0.15, -0.1) is 0 Å². The Balaban J connectivity index is 1.64. The van der Waals surface area contributed by atoms with Gasteiger partial charge < -0.3 is 9.68 Å². The molecule has 0 heterocycles. The summed E-state index contributed by atoms with van der Waals surface area (Å²) >= 11 is 0. The van der Waals surface area contributed by atoms with Crippen LogP contribution in [0.2, 0.25) is 0 Å². The monoisotopic (exact) mass is 242 g/mol. The molecule has 2 aromatic carbocycles. The van der Waals surface area contributed by atoms with Crippen LogP contribution >= 0.6 is 0 Å². The van der Waals surface area contributed by atoms with Crippen molar-refractivity contribution in [2.24, 2.45) is 10.6 Å². The lowest BCUT2D eigenvalue weighted by Crippen LogP contribution is -1.87. The summed E-state index contributed by atoms with van der Waals surface area (Å²) in [5, 5.41) is 6.97. The maximum Gasteiger partial charge on any atom is 0.144 e. The van der Waals surface area contributed by atoms with Gasteiger partial charge in [-0.2, -0.15) is 0 Å². The Morgan fingerprint density at radius 3 is 1.39 bits per heavy atom. The molecule has 2 aromatic rings. The molecule has 0 amide bonds. The molecule has 0 aliphatic rings. The van der Waals surface area contributed by atoms with Crippen molar-refractivity contribution in [2.45, 2.75) is 13.2 Å². The average Bonchev–Trinajstić information content (AvgIpc) is 2.45. The highest BCUT2D eigenvalue weighted by Crippen LogP contribution is 2.02. The van der Waals surface area contributed by atoms with Gasteiger partial charge in [-0.05, 0) is 11.1 Å². The number of nitrogens with zero attached hydrogens (tertiary/aromatic N) is 2. The predicted molar refractivity (Wildman–Crippen MR) is 67.3 cm³/mol. The van der Waals surface area contributed by atoms with Crippen LogP contribution in [0.25, 0.3) is 0 Å². The molecule has 92 valence electrons. The summed E-state index contributed by atoms with van der Waals surface area (Å²) in [6, 6.07) is 19.5. The van der Waals surface area contributed by atoms with Gasteiger partial charge in [0, 0.05) is 0 Å². The molecule has 0 fully saturated rings. The SMILES string of the molecule is c1ccc(CO/N=N/OCc2ccccc2)cc1. The van der Waals surface area contributed by atoms with Gasteiger partial charge in [0.1, 0.15) is 13.2 Å². The van der Waals surface area contributed by atoms with Gasteiger partial charge in [0.15, 0.2) is 0 Å². The molecule has 18 heavy (non-hydrogen) atoms. The molecule has 4 nitrogen and oxygen atoms in total. The second kappa shape index (κ2) is 7.06. The Morgan fingerprint density at radius 1 is 0.611 bits per heavy atom. The van der Waals surface area contributed by atoms with E-state index in [1.54, 1.807) is 0 Å². The molecule has 2 rings (SSSR count). The molecular formula is C14H14N2O2. The standard InChI is InChI=1S/C14H14N2O2/c1-3-7-13(8-4-1)11-17-15-16-18-12-14-9-5-2-6-10-14/h1-10H,11-12H2/b16-15+. The highest BCUT2D eigenvalue weighted by molar-refractivity contribution is 5.13. The van der Waals surface area contributed by atoms with Crippen LogP contribution in [-0.2, 0) is 22.9 Å². The van der Waals surface area contributed by atoms with Crippen LogP contribution in [0.1, 0.15) is 11.1 Å². The van der Waals surface area contributed by atoms with Crippen LogP contribution in [0.15, 0.2) is 71.2 Å². The smallest absolute Gasteiger partial charge is 0.144 e. The second-order valence-corrected chi connectivity index (χ2v) is 3.68. The minimum absolute atomic E-state index is 0.388. The fraction of sp³-hybridized carbons (Fsp3) is 0.143. The first-order valence-corrected chi connectivity index (χ1v) is 5.67. The van der Waals surface area contributed by atoms with Gasteiger partial charge in [-0.1, -0.05) is 60.7 Å². The molecule has 0 spiro atoms. The van der Waals surface area contributed by atoms with E-state index in [-0.39, 0.29) is 0 Å². The van der Waals surface area contributed by atoms with E-state index in [2.05, 4.69) is 10.6 Å². The van der Waals surface area contributed by atoms with Crippen molar-refractivity contribution in [2.75, 3.05) is 0 Å². The van der Waals surface area contributed by atoms with E-state index in [9.17, 15) is 0 Å². The van der Waals surface area contributed by atoms with E-state index >= 15 is 0 Å². The molecule has 0 N–H and O–H groups in total. The highest BCUT2D eigenvalue weighted by atomic mass is 16.7. The average molecular weight is 242 g/mol. The lowest BCUT2D eigenvalue weighted by atomic mass is 10.2. The lowest BCUT2D eigenvalue weighted by Gasteiger charge is -1.99. The Morgan fingerprint density at radius 2 is 1.00 bits per heavy atom. The Labute approximate surface area is 106 Å². The van der Waals surface area contributed by atoms with Crippen LogP contribution in [-0.4, -0.2) is 0 Å². The van der Waals surface area contributed by atoms with Crippen LogP contribution in [0.5, 0.6) is 0 Å². The molecule has 0 aliphatic carbocycles. The second-order valence-electron chi connectivity index (χ2n) is 3.68. The van der Waals surface area contributed by atoms with E-state index in [0.29, 0.717) is 13.2 Å². The number of hydrogen-bond acceptors (Lipinski definition) is 4. The van der Waals surface area contributed by atoms with Gasteiger partial charge in [-0.3, -0.25) is 0 Å². The van der Waals surface area contributed by atoms with Crippen molar-refractivity contribution in [3.63, 3.8) is 0 Å². The zero-order chi connectivity index (χ0) is 12.5. The number of rotatable bonds is 6. The van der Waals surface area contributed by atoms with Crippen molar-refractivity contribution in [3.8, 4) is 0 Å². The van der Waals surface area contributed by atoms with Gasteiger partial charge in [-0.25, -0.2) is 0 Å². The third kappa shape index (κ3) is 4.25. The summed E-state index contributed by atoms with van der Waals surface area (Å²) in [6.07, 6.45) is 0. The van der Waals surface area contributed by atoms with Gasteiger partial charge in [0.05, 0.1) is 10.6 Å². The summed E-state index contributed by atoms with van der Waals surface area (Å²) in [6.45, 7) is 0.776. The molecule has 4 heteroatoms. The molecular weight excluding hydrogens is 228 g/mol. The topological polar surface area (TPSA) is 43.2 Å². The Bertz CT molecular complexity index is 426. The summed E-state index contributed by atoms with van der Waals surface area (Å²) in [4.78, 5) is 9.98. The molecule has 0 saturated carbocycles. The van der Waals surface area contributed by atoms with Crippen molar-refractivity contribution in [1.29, 1.82) is 0 Å². The lowest BCUT2D eigenvalue weighted by molar-refractivity contribution is 0.0269. The molecule has 0 atom stereocenters. The summed E-state index contributed by atoms with van der Waals surface area (Å²) in [7, 11) is 0. The predicted octanol–water partition coefficient (Wildman–Crippen LogP) is 3.70. The van der Waals surface area contributed by atoms with Crippen molar-refractivity contribution >= 4 is 0 Å². The molecule has 0 aliphatic heterocycles. The van der Waals surface area contributed by atoms with Crippen LogP contribution < -0.4 is 0 Å². The van der Waals surface area contributed by atoms with Crippen molar-refractivity contribution < 1.29 is 9.68 Å². The van der Waals surface area contributed by atoms with Crippen LogP contribution in [0.3, 0.4) is 0 Å². The molecule has 0 aromatic heterocycles. The maximum atomic E-state index is 4.99. The molecule has 0 unspecified atom stereocenters. The largest absolute Gasteiger partial charge is 0.372 e. The summed E-state index contributed by atoms with van der Waals surface area (Å²) in [5.41, 5.74) is 2.08. The molecule has 0 saturated heterocycles. The van der Waals surface area contributed by atoms with E-state index in [4.69, 9.17) is 9.68 Å². The fourth-order valence-corrected chi connectivity index (χ4v) is 1.40. The molecule has 0 radical (unpaired) electrons. The highest BCUT2D eigenvalue weighted by Gasteiger charge is 1.91. The summed E-state index contributed by atoms with van der Waals surface area (Å²) < 4.78 is 0. The first-order chi connectivity index (χ1) is 8.95. The minimum atomic E-state index is 0.388. The van der Waals surface area contributed by atoms with Gasteiger partial charge in [0.25, 0.3) is 0 Å². The van der Waals surface area contributed by atoms with E-state index in [1.807, 2.05) is 60.7 Å². The van der Waals surface area contributed by atoms with Crippen molar-refractivity contribution in [1.82, 2.24) is 0 Å². The van der Waals surface area contributed by atoms with E-state index in [1.165, 1.54) is 0 Å². The van der Waals surface area contributed by atoms with E-state index in [0.717, 1.165) is 11.1 Å². The van der Waals surface area contributed by atoms with Gasteiger partial charge in [0.2, 0.25) is 0 Å². The first-order valence-electron chi connectivity index (χ1n) is 5.67. The van der Waals surface area contributed by atoms with Crippen molar-refractivity contribution in [3.05, 3.63) is 71.8 Å². The number of hydrogen-bond donors (Lipinski definition) is 0. The minimum Gasteiger partial charge on any atom is -0.372 e. The fourth-order valence-electron chi connectivity index (χ4n) is 1.40. The molecule has 0 bridgehead atoms. The first kappa shape index (κ1) is 12.1. The zero-order valence-corrected chi connectivity index (χ0v) is 9.90. The summed E-state index contributed by atoms with van der Waals surface area (Å²) in [5.74, 6) is 0. The third-order valence-electron chi connectivity index (χ3n) is 2.30. The van der Waals surface area contributed by atoms with E-state index < -0.39 is 0 Å². The third-order valence-corrected chi connectivity index (χ3v) is 2.30.